The molecule has 0 atom stereocenters. The average Bonchev–Trinajstić information content (AvgIpc) is 3.20. The van der Waals surface area contributed by atoms with E-state index in [1.807, 2.05) is 28.1 Å². The summed E-state index contributed by atoms with van der Waals surface area (Å²) in [6, 6.07) is 10.7. The molecule has 1 N–H and O–H groups in total. The highest BCUT2D eigenvalue weighted by Gasteiger charge is 2.22. The number of benzene rings is 1. The van der Waals surface area contributed by atoms with E-state index in [1.165, 1.54) is 12.1 Å². The summed E-state index contributed by atoms with van der Waals surface area (Å²) in [5, 5.41) is 5.21. The third kappa shape index (κ3) is 3.52. The maximum atomic E-state index is 13.6. The first-order valence-electron chi connectivity index (χ1n) is 8.91. The summed E-state index contributed by atoms with van der Waals surface area (Å²) in [5.74, 6) is -0.298. The molecule has 0 unspecified atom stereocenters. The Hall–Kier alpha value is -2.18. The molecule has 26 heavy (non-hydrogen) atoms. The van der Waals surface area contributed by atoms with Gasteiger partial charge in [0.2, 0.25) is 0 Å². The van der Waals surface area contributed by atoms with E-state index < -0.39 is 0 Å². The van der Waals surface area contributed by atoms with Crippen molar-refractivity contribution >= 4 is 27.5 Å². The summed E-state index contributed by atoms with van der Waals surface area (Å²) in [6.45, 7) is 2.49. The SMILES string of the molecule is CN1CCC(NC(=O)c2cc3sccc3n2Cc2cccc(F)c2)CC1. The number of fused-ring (bicyclic) bond motifs is 1. The molecule has 1 aliphatic rings. The lowest BCUT2D eigenvalue weighted by molar-refractivity contribution is 0.0908. The van der Waals surface area contributed by atoms with Crippen molar-refractivity contribution in [2.24, 2.45) is 0 Å². The van der Waals surface area contributed by atoms with Gasteiger partial charge in [0, 0.05) is 12.6 Å². The van der Waals surface area contributed by atoms with E-state index in [0.29, 0.717) is 12.2 Å². The molecule has 1 fully saturated rings. The van der Waals surface area contributed by atoms with E-state index in [-0.39, 0.29) is 17.8 Å². The molecule has 0 saturated carbocycles. The number of likely N-dealkylation sites (tertiary alicyclic amines) is 1. The van der Waals surface area contributed by atoms with Crippen LogP contribution in [0.2, 0.25) is 0 Å². The van der Waals surface area contributed by atoms with E-state index in [9.17, 15) is 9.18 Å². The van der Waals surface area contributed by atoms with Gasteiger partial charge in [-0.2, -0.15) is 0 Å². The summed E-state index contributed by atoms with van der Waals surface area (Å²) >= 11 is 1.62. The predicted molar refractivity (Wildman–Crippen MR) is 103 cm³/mol. The smallest absolute Gasteiger partial charge is 0.268 e. The van der Waals surface area contributed by atoms with Gasteiger partial charge in [0.15, 0.2) is 0 Å². The number of halogens is 1. The van der Waals surface area contributed by atoms with E-state index in [4.69, 9.17) is 0 Å². The quantitative estimate of drug-likeness (QED) is 0.759. The Morgan fingerprint density at radius 1 is 1.27 bits per heavy atom. The van der Waals surface area contributed by atoms with Gasteiger partial charge < -0.3 is 14.8 Å². The zero-order valence-corrected chi connectivity index (χ0v) is 15.6. The lowest BCUT2D eigenvalue weighted by Gasteiger charge is -2.29. The lowest BCUT2D eigenvalue weighted by Crippen LogP contribution is -2.43. The van der Waals surface area contributed by atoms with Gasteiger partial charge in [0.25, 0.3) is 5.91 Å². The Kier molecular flexibility index (Phi) is 4.78. The minimum atomic E-state index is -0.256. The highest BCUT2D eigenvalue weighted by atomic mass is 32.1. The van der Waals surface area contributed by atoms with Crippen molar-refractivity contribution < 1.29 is 9.18 Å². The Morgan fingerprint density at radius 2 is 2.08 bits per heavy atom. The Morgan fingerprint density at radius 3 is 2.85 bits per heavy atom. The fourth-order valence-corrected chi connectivity index (χ4v) is 4.39. The molecule has 1 aliphatic heterocycles. The fourth-order valence-electron chi connectivity index (χ4n) is 3.57. The van der Waals surface area contributed by atoms with Gasteiger partial charge in [-0.25, -0.2) is 4.39 Å². The van der Waals surface area contributed by atoms with E-state index in [0.717, 1.165) is 41.7 Å². The van der Waals surface area contributed by atoms with Crippen LogP contribution in [0.15, 0.2) is 41.8 Å². The lowest BCUT2D eigenvalue weighted by atomic mass is 10.1. The molecule has 4 rings (SSSR count). The van der Waals surface area contributed by atoms with Crippen LogP contribution >= 0.6 is 11.3 Å². The van der Waals surface area contributed by atoms with Crippen LogP contribution in [0.4, 0.5) is 4.39 Å². The number of amides is 1. The number of hydrogen-bond donors (Lipinski definition) is 1. The molecule has 0 radical (unpaired) electrons. The fraction of sp³-hybridized carbons (Fsp3) is 0.350. The van der Waals surface area contributed by atoms with E-state index in [1.54, 1.807) is 17.4 Å². The Balaban J connectivity index is 1.60. The number of nitrogens with one attached hydrogen (secondary N) is 1. The Labute approximate surface area is 156 Å². The van der Waals surface area contributed by atoms with Crippen molar-refractivity contribution in [1.29, 1.82) is 0 Å². The van der Waals surface area contributed by atoms with Crippen LogP contribution in [-0.4, -0.2) is 41.6 Å². The average molecular weight is 371 g/mol. The van der Waals surface area contributed by atoms with Crippen molar-refractivity contribution in [3.8, 4) is 0 Å². The highest BCUT2D eigenvalue weighted by molar-refractivity contribution is 7.17. The number of aromatic nitrogens is 1. The molecule has 0 aliphatic carbocycles. The molecular weight excluding hydrogens is 349 g/mol. The first kappa shape index (κ1) is 17.2. The van der Waals surface area contributed by atoms with Gasteiger partial charge in [0.1, 0.15) is 11.5 Å². The largest absolute Gasteiger partial charge is 0.348 e. The van der Waals surface area contributed by atoms with E-state index in [2.05, 4.69) is 17.3 Å². The molecule has 1 amide bonds. The molecule has 6 heteroatoms. The molecule has 1 saturated heterocycles. The van der Waals surface area contributed by atoms with Crippen molar-refractivity contribution in [3.05, 3.63) is 58.9 Å². The summed E-state index contributed by atoms with van der Waals surface area (Å²) in [6.07, 6.45) is 1.95. The second-order valence-electron chi connectivity index (χ2n) is 6.97. The standard InChI is InChI=1S/C20H22FN3OS/c1-23-8-5-16(6-9-23)22-20(25)18-12-19-17(7-10-26-19)24(18)13-14-3-2-4-15(21)11-14/h2-4,7,10-12,16H,5-6,8-9,13H2,1H3,(H,22,25). The van der Waals surface area contributed by atoms with Gasteiger partial charge in [-0.15, -0.1) is 11.3 Å². The van der Waals surface area contributed by atoms with Crippen molar-refractivity contribution in [3.63, 3.8) is 0 Å². The van der Waals surface area contributed by atoms with Gasteiger partial charge in [-0.3, -0.25) is 4.79 Å². The number of carbonyl (C=O) groups is 1. The van der Waals surface area contributed by atoms with Crippen LogP contribution in [0.3, 0.4) is 0 Å². The number of hydrogen-bond acceptors (Lipinski definition) is 3. The van der Waals surface area contributed by atoms with Crippen molar-refractivity contribution in [2.45, 2.75) is 25.4 Å². The van der Waals surface area contributed by atoms with Crippen molar-refractivity contribution in [2.75, 3.05) is 20.1 Å². The third-order valence-electron chi connectivity index (χ3n) is 5.04. The molecule has 2 aromatic heterocycles. The van der Waals surface area contributed by atoms with Crippen LogP contribution in [0.1, 0.15) is 28.9 Å². The monoisotopic (exact) mass is 371 g/mol. The summed E-state index contributed by atoms with van der Waals surface area (Å²) in [5.41, 5.74) is 2.52. The molecule has 1 aromatic carbocycles. The van der Waals surface area contributed by atoms with Gasteiger partial charge in [-0.05, 0) is 68.2 Å². The van der Waals surface area contributed by atoms with Gasteiger partial charge >= 0.3 is 0 Å². The highest BCUT2D eigenvalue weighted by Crippen LogP contribution is 2.26. The summed E-state index contributed by atoms with van der Waals surface area (Å²) < 4.78 is 16.6. The topological polar surface area (TPSA) is 37.3 Å². The van der Waals surface area contributed by atoms with E-state index >= 15 is 0 Å². The number of rotatable bonds is 4. The van der Waals surface area contributed by atoms with Crippen molar-refractivity contribution in [1.82, 2.24) is 14.8 Å². The molecule has 0 spiro atoms. The number of thiophene rings is 1. The maximum Gasteiger partial charge on any atom is 0.268 e. The molecule has 136 valence electrons. The normalized spacial score (nSPS) is 16.2. The van der Waals surface area contributed by atoms with Crippen LogP contribution in [0.25, 0.3) is 10.2 Å². The first-order chi connectivity index (χ1) is 12.6. The number of nitrogens with zero attached hydrogens (tertiary/aromatic N) is 2. The Bertz CT molecular complexity index is 924. The summed E-state index contributed by atoms with van der Waals surface area (Å²) in [7, 11) is 2.11. The van der Waals surface area contributed by atoms with Crippen LogP contribution in [0.5, 0.6) is 0 Å². The van der Waals surface area contributed by atoms with Gasteiger partial charge in [-0.1, -0.05) is 12.1 Å². The molecule has 4 nitrogen and oxygen atoms in total. The minimum absolute atomic E-state index is 0.0423. The summed E-state index contributed by atoms with van der Waals surface area (Å²) in [4.78, 5) is 15.2. The molecule has 3 heterocycles. The first-order valence-corrected chi connectivity index (χ1v) is 9.79. The molecule has 0 bridgehead atoms. The van der Waals surface area contributed by atoms with Crippen LogP contribution in [-0.2, 0) is 6.54 Å². The van der Waals surface area contributed by atoms with Crippen LogP contribution < -0.4 is 5.32 Å². The number of piperidine rings is 1. The minimum Gasteiger partial charge on any atom is -0.348 e. The van der Waals surface area contributed by atoms with Crippen LogP contribution in [0, 0.1) is 5.82 Å². The number of carbonyl (C=O) groups excluding carboxylic acids is 1. The second kappa shape index (κ2) is 7.21. The second-order valence-corrected chi connectivity index (χ2v) is 7.91. The predicted octanol–water partition coefficient (Wildman–Crippen LogP) is 3.71. The van der Waals surface area contributed by atoms with Gasteiger partial charge in [0.05, 0.1) is 10.2 Å². The molecular formula is C20H22FN3OS. The maximum absolute atomic E-state index is 13.6. The zero-order chi connectivity index (χ0) is 18.1. The zero-order valence-electron chi connectivity index (χ0n) is 14.7. The molecule has 3 aromatic rings. The third-order valence-corrected chi connectivity index (χ3v) is 5.89.